The van der Waals surface area contributed by atoms with Gasteiger partial charge in [-0.3, -0.25) is 4.79 Å². The van der Waals surface area contributed by atoms with Gasteiger partial charge in [0.25, 0.3) is 5.91 Å². The van der Waals surface area contributed by atoms with Crippen molar-refractivity contribution < 1.29 is 9.53 Å². The maximum atomic E-state index is 12.7. The van der Waals surface area contributed by atoms with Crippen molar-refractivity contribution in [3.63, 3.8) is 0 Å². The lowest BCUT2D eigenvalue weighted by Gasteiger charge is -2.36. The van der Waals surface area contributed by atoms with Crippen LogP contribution in [0.3, 0.4) is 0 Å². The van der Waals surface area contributed by atoms with Gasteiger partial charge in [0.2, 0.25) is 5.95 Å². The summed E-state index contributed by atoms with van der Waals surface area (Å²) in [4.78, 5) is 21.6. The molecule has 128 valence electrons. The number of carbonyl (C=O) groups excluding carboxylic acids is 1. The fourth-order valence-electron chi connectivity index (χ4n) is 3.38. The molecule has 4 rings (SSSR count). The van der Waals surface area contributed by atoms with E-state index in [1.54, 1.807) is 0 Å². The molecule has 2 aliphatic rings. The summed E-state index contributed by atoms with van der Waals surface area (Å²) >= 11 is 1.91. The summed E-state index contributed by atoms with van der Waals surface area (Å²) in [5, 5.41) is 0. The number of carbonyl (C=O) groups is 1. The highest BCUT2D eigenvalue weighted by Gasteiger charge is 2.32. The SMILES string of the molecule is Cn1c(N2CCOC(C(=O)N3CCSCC3)C2)nc2ccccc21. The van der Waals surface area contributed by atoms with Crippen LogP contribution >= 0.6 is 11.8 Å². The van der Waals surface area contributed by atoms with Gasteiger partial charge in [-0.15, -0.1) is 0 Å². The Morgan fingerprint density at radius 2 is 2.04 bits per heavy atom. The maximum Gasteiger partial charge on any atom is 0.253 e. The number of morpholine rings is 1. The third-order valence-electron chi connectivity index (χ3n) is 4.71. The number of rotatable bonds is 2. The Balaban J connectivity index is 1.53. The number of aromatic nitrogens is 2. The average Bonchev–Trinajstić information content (AvgIpc) is 2.99. The molecule has 0 spiro atoms. The van der Waals surface area contributed by atoms with Crippen LogP contribution in [0.1, 0.15) is 0 Å². The standard InChI is InChI=1S/C17H22N4O2S/c1-19-14-5-3-2-4-13(14)18-17(19)21-6-9-23-15(12-21)16(22)20-7-10-24-11-8-20/h2-5,15H,6-12H2,1H3. The van der Waals surface area contributed by atoms with Crippen molar-refractivity contribution in [1.29, 1.82) is 0 Å². The zero-order chi connectivity index (χ0) is 16.5. The van der Waals surface area contributed by atoms with E-state index < -0.39 is 0 Å². The number of ether oxygens (including phenoxy) is 1. The molecule has 2 aromatic rings. The summed E-state index contributed by atoms with van der Waals surface area (Å²) in [6.45, 7) is 3.55. The normalized spacial score (nSPS) is 22.1. The van der Waals surface area contributed by atoms with Crippen molar-refractivity contribution in [2.75, 3.05) is 49.2 Å². The molecule has 2 saturated heterocycles. The lowest BCUT2D eigenvalue weighted by Crippen LogP contribution is -2.53. The van der Waals surface area contributed by atoms with Crippen LogP contribution in [0.2, 0.25) is 0 Å². The van der Waals surface area contributed by atoms with Gasteiger partial charge in [-0.05, 0) is 12.1 Å². The Morgan fingerprint density at radius 1 is 1.25 bits per heavy atom. The molecule has 0 saturated carbocycles. The maximum absolute atomic E-state index is 12.7. The molecule has 0 aliphatic carbocycles. The number of hydrogen-bond acceptors (Lipinski definition) is 5. The number of nitrogens with zero attached hydrogens (tertiary/aromatic N) is 4. The van der Waals surface area contributed by atoms with E-state index in [9.17, 15) is 4.79 Å². The Morgan fingerprint density at radius 3 is 2.83 bits per heavy atom. The topological polar surface area (TPSA) is 50.6 Å². The van der Waals surface area contributed by atoms with Crippen LogP contribution < -0.4 is 4.90 Å². The second-order valence-electron chi connectivity index (χ2n) is 6.20. The number of hydrogen-bond donors (Lipinski definition) is 0. The molecular weight excluding hydrogens is 324 g/mol. The summed E-state index contributed by atoms with van der Waals surface area (Å²) < 4.78 is 7.88. The number of benzene rings is 1. The molecule has 0 radical (unpaired) electrons. The lowest BCUT2D eigenvalue weighted by atomic mass is 10.2. The first-order valence-electron chi connectivity index (χ1n) is 8.38. The quantitative estimate of drug-likeness (QED) is 0.822. The fourth-order valence-corrected chi connectivity index (χ4v) is 4.29. The summed E-state index contributed by atoms with van der Waals surface area (Å²) in [6.07, 6.45) is -0.387. The third-order valence-corrected chi connectivity index (χ3v) is 5.65. The first kappa shape index (κ1) is 15.8. The largest absolute Gasteiger partial charge is 0.365 e. The summed E-state index contributed by atoms with van der Waals surface area (Å²) in [5.41, 5.74) is 2.09. The molecule has 1 aromatic heterocycles. The Bertz CT molecular complexity index is 741. The van der Waals surface area contributed by atoms with Gasteiger partial charge in [0, 0.05) is 38.2 Å². The molecular formula is C17H22N4O2S. The van der Waals surface area contributed by atoms with Gasteiger partial charge in [-0.1, -0.05) is 12.1 Å². The highest BCUT2D eigenvalue weighted by Crippen LogP contribution is 2.23. The number of fused-ring (bicyclic) bond motifs is 1. The van der Waals surface area contributed by atoms with Gasteiger partial charge in [-0.2, -0.15) is 11.8 Å². The van der Waals surface area contributed by atoms with E-state index in [-0.39, 0.29) is 12.0 Å². The first-order chi connectivity index (χ1) is 11.7. The van der Waals surface area contributed by atoms with E-state index in [0.717, 1.165) is 48.1 Å². The van der Waals surface area contributed by atoms with E-state index in [4.69, 9.17) is 9.72 Å². The van der Waals surface area contributed by atoms with E-state index in [1.807, 2.05) is 41.9 Å². The van der Waals surface area contributed by atoms with Crippen LogP contribution in [0.4, 0.5) is 5.95 Å². The highest BCUT2D eigenvalue weighted by atomic mass is 32.2. The second-order valence-corrected chi connectivity index (χ2v) is 7.43. The fraction of sp³-hybridized carbons (Fsp3) is 0.529. The van der Waals surface area contributed by atoms with Crippen molar-refractivity contribution in [2.45, 2.75) is 6.10 Å². The molecule has 6 nitrogen and oxygen atoms in total. The van der Waals surface area contributed by atoms with Gasteiger partial charge in [0.15, 0.2) is 6.10 Å². The van der Waals surface area contributed by atoms with Crippen molar-refractivity contribution in [3.8, 4) is 0 Å². The first-order valence-corrected chi connectivity index (χ1v) is 9.54. The minimum atomic E-state index is -0.387. The molecule has 0 bridgehead atoms. The van der Waals surface area contributed by atoms with E-state index in [0.29, 0.717) is 13.2 Å². The van der Waals surface area contributed by atoms with Crippen LogP contribution in [-0.2, 0) is 16.6 Å². The van der Waals surface area contributed by atoms with Gasteiger partial charge in [-0.25, -0.2) is 4.98 Å². The average molecular weight is 346 g/mol. The smallest absolute Gasteiger partial charge is 0.253 e. The van der Waals surface area contributed by atoms with Crippen molar-refractivity contribution in [2.24, 2.45) is 7.05 Å². The lowest BCUT2D eigenvalue weighted by molar-refractivity contribution is -0.144. The van der Waals surface area contributed by atoms with Gasteiger partial charge in [0.05, 0.1) is 24.2 Å². The van der Waals surface area contributed by atoms with Crippen LogP contribution in [-0.4, -0.2) is 70.8 Å². The minimum Gasteiger partial charge on any atom is -0.365 e. The predicted octanol–water partition coefficient (Wildman–Crippen LogP) is 1.35. The third kappa shape index (κ3) is 2.86. The molecule has 1 unspecified atom stereocenters. The van der Waals surface area contributed by atoms with Gasteiger partial charge < -0.3 is 19.1 Å². The number of imidazole rings is 1. The van der Waals surface area contributed by atoms with Crippen molar-refractivity contribution in [1.82, 2.24) is 14.5 Å². The van der Waals surface area contributed by atoms with Crippen LogP contribution in [0.15, 0.2) is 24.3 Å². The van der Waals surface area contributed by atoms with Gasteiger partial charge in [0.1, 0.15) is 0 Å². The number of aryl methyl sites for hydroxylation is 1. The molecule has 2 fully saturated rings. The zero-order valence-electron chi connectivity index (χ0n) is 13.9. The Kier molecular flexibility index (Phi) is 4.37. The summed E-state index contributed by atoms with van der Waals surface area (Å²) in [5.74, 6) is 3.07. The molecule has 3 heterocycles. The molecule has 7 heteroatoms. The van der Waals surface area contributed by atoms with Gasteiger partial charge >= 0.3 is 0 Å². The molecule has 2 aliphatic heterocycles. The monoisotopic (exact) mass is 346 g/mol. The number of amides is 1. The van der Waals surface area contributed by atoms with Crippen LogP contribution in [0.25, 0.3) is 11.0 Å². The van der Waals surface area contributed by atoms with Crippen molar-refractivity contribution in [3.05, 3.63) is 24.3 Å². The predicted molar refractivity (Wildman–Crippen MR) is 96.6 cm³/mol. The van der Waals surface area contributed by atoms with E-state index in [2.05, 4.69) is 15.5 Å². The van der Waals surface area contributed by atoms with Crippen LogP contribution in [0.5, 0.6) is 0 Å². The van der Waals surface area contributed by atoms with Crippen molar-refractivity contribution >= 4 is 34.7 Å². The molecule has 1 amide bonds. The minimum absolute atomic E-state index is 0.124. The molecule has 24 heavy (non-hydrogen) atoms. The van der Waals surface area contributed by atoms with E-state index >= 15 is 0 Å². The van der Waals surface area contributed by atoms with Crippen LogP contribution in [0, 0.1) is 0 Å². The number of anilines is 1. The molecule has 1 atom stereocenters. The number of para-hydroxylation sites is 2. The Hall–Kier alpha value is -1.73. The second kappa shape index (κ2) is 6.64. The van der Waals surface area contributed by atoms with E-state index in [1.165, 1.54) is 0 Å². The number of thioether (sulfide) groups is 1. The summed E-state index contributed by atoms with van der Waals surface area (Å²) in [7, 11) is 2.03. The zero-order valence-corrected chi connectivity index (χ0v) is 14.7. The summed E-state index contributed by atoms with van der Waals surface area (Å²) in [6, 6.07) is 8.11. The highest BCUT2D eigenvalue weighted by molar-refractivity contribution is 7.99. The Labute approximate surface area is 145 Å². The molecule has 1 aromatic carbocycles. The molecule has 0 N–H and O–H groups in total.